The molecule has 1 atom stereocenters. The van der Waals surface area contributed by atoms with Crippen LogP contribution in [0.5, 0.6) is 0 Å². The number of aryl methyl sites for hydroxylation is 1. The number of nitrogens with zero attached hydrogens (tertiary/aromatic N) is 2. The van der Waals surface area contributed by atoms with Crippen LogP contribution in [0.1, 0.15) is 42.4 Å². The zero-order valence-electron chi connectivity index (χ0n) is 12.2. The van der Waals surface area contributed by atoms with Crippen molar-refractivity contribution >= 4 is 17.0 Å². The van der Waals surface area contributed by atoms with Gasteiger partial charge in [0.2, 0.25) is 0 Å². The lowest BCUT2D eigenvalue weighted by Gasteiger charge is -2.24. The summed E-state index contributed by atoms with van der Waals surface area (Å²) in [7, 11) is 0. The van der Waals surface area contributed by atoms with E-state index < -0.39 is 5.97 Å². The quantitative estimate of drug-likeness (QED) is 0.939. The molecule has 1 aromatic carbocycles. The Kier molecular flexibility index (Phi) is 3.92. The summed E-state index contributed by atoms with van der Waals surface area (Å²) in [6.07, 6.45) is 4.36. The van der Waals surface area contributed by atoms with Gasteiger partial charge in [-0.15, -0.1) is 0 Å². The van der Waals surface area contributed by atoms with Gasteiger partial charge in [0.25, 0.3) is 0 Å². The molecule has 1 fully saturated rings. The first-order chi connectivity index (χ1) is 10.2. The summed E-state index contributed by atoms with van der Waals surface area (Å²) in [6, 6.07) is 5.33. The maximum absolute atomic E-state index is 11.3. The van der Waals surface area contributed by atoms with E-state index in [4.69, 9.17) is 4.74 Å². The van der Waals surface area contributed by atoms with Crippen molar-refractivity contribution in [2.45, 2.75) is 45.3 Å². The Bertz CT molecular complexity index is 657. The molecule has 1 aromatic heterocycles. The number of rotatable bonds is 4. The normalized spacial score (nSPS) is 19.0. The van der Waals surface area contributed by atoms with E-state index in [1.54, 1.807) is 12.1 Å². The number of aromatic carboxylic acids is 1. The number of carboxylic acid groups (broad SMARTS) is 1. The van der Waals surface area contributed by atoms with Gasteiger partial charge in [-0.2, -0.15) is 0 Å². The summed E-state index contributed by atoms with van der Waals surface area (Å²) in [5.74, 6) is -0.00491. The van der Waals surface area contributed by atoms with Crippen LogP contribution in [0.3, 0.4) is 0 Å². The van der Waals surface area contributed by atoms with Crippen LogP contribution in [0.25, 0.3) is 11.0 Å². The average Bonchev–Trinajstić information content (AvgIpc) is 2.86. The smallest absolute Gasteiger partial charge is 0.337 e. The maximum Gasteiger partial charge on any atom is 0.337 e. The van der Waals surface area contributed by atoms with Gasteiger partial charge in [-0.25, -0.2) is 9.78 Å². The van der Waals surface area contributed by atoms with Crippen molar-refractivity contribution in [1.29, 1.82) is 0 Å². The number of para-hydroxylation sites is 1. The highest BCUT2D eigenvalue weighted by atomic mass is 16.5. The third-order valence-corrected chi connectivity index (χ3v) is 4.06. The molecule has 2 heterocycles. The lowest BCUT2D eigenvalue weighted by Crippen LogP contribution is -2.25. The lowest BCUT2D eigenvalue weighted by molar-refractivity contribution is 0.00621. The van der Waals surface area contributed by atoms with Gasteiger partial charge >= 0.3 is 5.97 Å². The van der Waals surface area contributed by atoms with E-state index in [1.807, 2.05) is 13.0 Å². The van der Waals surface area contributed by atoms with Gasteiger partial charge in [-0.05, 0) is 31.4 Å². The molecule has 1 unspecified atom stereocenters. The molecule has 0 bridgehead atoms. The van der Waals surface area contributed by atoms with Crippen molar-refractivity contribution in [2.75, 3.05) is 6.61 Å². The largest absolute Gasteiger partial charge is 0.478 e. The van der Waals surface area contributed by atoms with E-state index in [0.717, 1.165) is 43.8 Å². The van der Waals surface area contributed by atoms with Crippen LogP contribution in [0.15, 0.2) is 18.2 Å². The number of benzene rings is 1. The number of carbonyl (C=O) groups is 1. The summed E-state index contributed by atoms with van der Waals surface area (Å²) in [6.45, 7) is 3.61. The summed E-state index contributed by atoms with van der Waals surface area (Å²) < 4.78 is 7.94. The van der Waals surface area contributed by atoms with Gasteiger partial charge in [0, 0.05) is 13.0 Å². The van der Waals surface area contributed by atoms with Crippen LogP contribution >= 0.6 is 0 Å². The highest BCUT2D eigenvalue weighted by Crippen LogP contribution is 2.23. The maximum atomic E-state index is 11.3. The molecule has 0 saturated carbocycles. The van der Waals surface area contributed by atoms with Gasteiger partial charge in [-0.1, -0.05) is 13.0 Å². The summed E-state index contributed by atoms with van der Waals surface area (Å²) in [4.78, 5) is 15.9. The zero-order valence-corrected chi connectivity index (χ0v) is 12.2. The van der Waals surface area contributed by atoms with Crippen LogP contribution in [0, 0.1) is 0 Å². The van der Waals surface area contributed by atoms with Gasteiger partial charge in [0.15, 0.2) is 0 Å². The number of hydrogen-bond acceptors (Lipinski definition) is 3. The predicted molar refractivity (Wildman–Crippen MR) is 79.7 cm³/mol. The Morgan fingerprint density at radius 1 is 1.48 bits per heavy atom. The van der Waals surface area contributed by atoms with E-state index in [-0.39, 0.29) is 11.7 Å². The van der Waals surface area contributed by atoms with Crippen molar-refractivity contribution in [3.8, 4) is 0 Å². The number of aromatic nitrogens is 2. The first-order valence-electron chi connectivity index (χ1n) is 7.53. The Morgan fingerprint density at radius 2 is 2.33 bits per heavy atom. The van der Waals surface area contributed by atoms with Gasteiger partial charge in [0.1, 0.15) is 11.3 Å². The monoisotopic (exact) mass is 288 g/mol. The molecule has 1 N–H and O–H groups in total. The van der Waals surface area contributed by atoms with Crippen molar-refractivity contribution in [2.24, 2.45) is 0 Å². The zero-order chi connectivity index (χ0) is 14.8. The van der Waals surface area contributed by atoms with E-state index >= 15 is 0 Å². The number of hydrogen-bond donors (Lipinski definition) is 1. The van der Waals surface area contributed by atoms with Crippen LogP contribution in [0.2, 0.25) is 0 Å². The molecule has 0 amide bonds. The van der Waals surface area contributed by atoms with E-state index in [1.165, 1.54) is 6.42 Å². The molecule has 0 radical (unpaired) electrons. The Hall–Kier alpha value is -1.88. The predicted octanol–water partition coefficient (Wildman–Crippen LogP) is 2.87. The van der Waals surface area contributed by atoms with Crippen LogP contribution < -0.4 is 0 Å². The Labute approximate surface area is 123 Å². The number of ether oxygens (including phenoxy) is 1. The fraction of sp³-hybridized carbons (Fsp3) is 0.500. The fourth-order valence-corrected chi connectivity index (χ4v) is 3.00. The summed E-state index contributed by atoms with van der Waals surface area (Å²) in [5.41, 5.74) is 1.74. The Morgan fingerprint density at radius 3 is 3.00 bits per heavy atom. The highest BCUT2D eigenvalue weighted by Gasteiger charge is 2.20. The number of carboxylic acids is 1. The molecule has 21 heavy (non-hydrogen) atoms. The van der Waals surface area contributed by atoms with Gasteiger partial charge in [-0.3, -0.25) is 0 Å². The third-order valence-electron chi connectivity index (χ3n) is 4.06. The molecule has 5 heteroatoms. The molecule has 1 aliphatic rings. The van der Waals surface area contributed by atoms with Crippen LogP contribution in [-0.2, 0) is 17.7 Å². The first kappa shape index (κ1) is 14.1. The van der Waals surface area contributed by atoms with E-state index in [2.05, 4.69) is 9.55 Å². The first-order valence-corrected chi connectivity index (χ1v) is 7.53. The lowest BCUT2D eigenvalue weighted by atomic mass is 10.1. The minimum absolute atomic E-state index is 0.204. The molecule has 3 rings (SSSR count). The second kappa shape index (κ2) is 5.85. The van der Waals surface area contributed by atoms with Gasteiger partial charge in [0.05, 0.1) is 23.7 Å². The van der Waals surface area contributed by atoms with Crippen molar-refractivity contribution in [1.82, 2.24) is 9.55 Å². The number of fused-ring (bicyclic) bond motifs is 1. The SMILES string of the molecule is CCc1nc2c(C(=O)O)cccc2n1CC1CCCCO1. The minimum Gasteiger partial charge on any atom is -0.478 e. The molecule has 1 saturated heterocycles. The average molecular weight is 288 g/mol. The fourth-order valence-electron chi connectivity index (χ4n) is 3.00. The molecule has 2 aromatic rings. The summed E-state index contributed by atoms with van der Waals surface area (Å²) >= 11 is 0. The van der Waals surface area contributed by atoms with Crippen molar-refractivity contribution in [3.63, 3.8) is 0 Å². The molecule has 0 aliphatic carbocycles. The number of imidazole rings is 1. The van der Waals surface area contributed by atoms with Crippen LogP contribution in [0.4, 0.5) is 0 Å². The second-order valence-corrected chi connectivity index (χ2v) is 5.46. The Balaban J connectivity index is 2.03. The highest BCUT2D eigenvalue weighted by molar-refractivity contribution is 6.01. The van der Waals surface area contributed by atoms with Crippen LogP contribution in [-0.4, -0.2) is 33.3 Å². The minimum atomic E-state index is -0.929. The van der Waals surface area contributed by atoms with E-state index in [9.17, 15) is 9.90 Å². The molecule has 0 spiro atoms. The van der Waals surface area contributed by atoms with Gasteiger partial charge < -0.3 is 14.4 Å². The molecule has 1 aliphatic heterocycles. The molecular weight excluding hydrogens is 268 g/mol. The van der Waals surface area contributed by atoms with Crippen molar-refractivity contribution in [3.05, 3.63) is 29.6 Å². The topological polar surface area (TPSA) is 64.3 Å². The molecule has 112 valence electrons. The third kappa shape index (κ3) is 2.65. The standard InChI is InChI=1S/C16H20N2O3/c1-2-14-17-15-12(16(19)20)7-5-8-13(15)18(14)10-11-6-3-4-9-21-11/h5,7-8,11H,2-4,6,9-10H2,1H3,(H,19,20). The summed E-state index contributed by atoms with van der Waals surface area (Å²) in [5, 5.41) is 9.30. The molecule has 5 nitrogen and oxygen atoms in total. The van der Waals surface area contributed by atoms with Crippen molar-refractivity contribution < 1.29 is 14.6 Å². The second-order valence-electron chi connectivity index (χ2n) is 5.46. The molecular formula is C16H20N2O3. The van der Waals surface area contributed by atoms with E-state index in [0.29, 0.717) is 5.52 Å².